The van der Waals surface area contributed by atoms with E-state index in [2.05, 4.69) is 17.6 Å². The minimum absolute atomic E-state index is 0.149. The second-order valence-electron chi connectivity index (χ2n) is 9.06. The summed E-state index contributed by atoms with van der Waals surface area (Å²) >= 11 is 7.71. The third-order valence-corrected chi connectivity index (χ3v) is 7.34. The number of benzene rings is 2. The zero-order valence-electron chi connectivity index (χ0n) is 21.0. The minimum atomic E-state index is -0.149. The first-order chi connectivity index (χ1) is 17.1. The van der Waals surface area contributed by atoms with Crippen molar-refractivity contribution in [3.63, 3.8) is 0 Å². The van der Waals surface area contributed by atoms with E-state index in [4.69, 9.17) is 16.6 Å². The van der Waals surface area contributed by atoms with Crippen LogP contribution in [-0.4, -0.2) is 17.6 Å². The molecule has 0 radical (unpaired) electrons. The lowest BCUT2D eigenvalue weighted by Gasteiger charge is -2.09. The SMILES string of the molecule is CCCCCCCCCCCCNC(=O)Nc1ccc(-c2sc(C)nc2-c2ccc(Cl)cc2)cc1. The molecule has 3 aromatic rings. The first-order valence-electron chi connectivity index (χ1n) is 13.0. The topological polar surface area (TPSA) is 54.0 Å². The van der Waals surface area contributed by atoms with E-state index in [1.54, 1.807) is 11.3 Å². The summed E-state index contributed by atoms with van der Waals surface area (Å²) in [7, 11) is 0. The summed E-state index contributed by atoms with van der Waals surface area (Å²) in [5.74, 6) is 0. The summed E-state index contributed by atoms with van der Waals surface area (Å²) < 4.78 is 0. The van der Waals surface area contributed by atoms with Crippen molar-refractivity contribution in [3.05, 3.63) is 58.6 Å². The molecule has 2 amide bonds. The fourth-order valence-electron chi connectivity index (χ4n) is 4.12. The van der Waals surface area contributed by atoms with E-state index < -0.39 is 0 Å². The van der Waals surface area contributed by atoms with Crippen LogP contribution < -0.4 is 10.6 Å². The molecule has 35 heavy (non-hydrogen) atoms. The molecule has 0 saturated carbocycles. The number of rotatable bonds is 14. The van der Waals surface area contributed by atoms with Crippen molar-refractivity contribution in [1.82, 2.24) is 10.3 Å². The van der Waals surface area contributed by atoms with Gasteiger partial charge in [0, 0.05) is 22.8 Å². The van der Waals surface area contributed by atoms with E-state index in [9.17, 15) is 4.79 Å². The average molecular weight is 512 g/mol. The molecule has 0 aliphatic rings. The first-order valence-corrected chi connectivity index (χ1v) is 14.1. The van der Waals surface area contributed by atoms with E-state index in [-0.39, 0.29) is 6.03 Å². The molecule has 1 aromatic heterocycles. The maximum absolute atomic E-state index is 12.3. The summed E-state index contributed by atoms with van der Waals surface area (Å²) in [6.07, 6.45) is 12.9. The molecule has 0 atom stereocenters. The van der Waals surface area contributed by atoms with Crippen LogP contribution in [0.1, 0.15) is 76.1 Å². The second-order valence-corrected chi connectivity index (χ2v) is 10.7. The zero-order chi connectivity index (χ0) is 24.9. The molecule has 2 aromatic carbocycles. The molecule has 6 heteroatoms. The third kappa shape index (κ3) is 9.30. The van der Waals surface area contributed by atoms with Crippen LogP contribution in [0.25, 0.3) is 21.7 Å². The lowest BCUT2D eigenvalue weighted by molar-refractivity contribution is 0.252. The molecule has 1 heterocycles. The molecule has 0 saturated heterocycles. The Kier molecular flexibility index (Phi) is 11.6. The van der Waals surface area contributed by atoms with Crippen molar-refractivity contribution in [2.24, 2.45) is 0 Å². The standard InChI is InChI=1S/C29H38ClN3OS/c1-3-4-5-6-7-8-9-10-11-12-21-31-29(34)33-26-19-15-24(16-20-26)28-27(32-22(2)35-28)23-13-17-25(30)18-14-23/h13-20H,3-12,21H2,1-2H3,(H2,31,33,34). The molecule has 0 aliphatic carbocycles. The highest BCUT2D eigenvalue weighted by atomic mass is 35.5. The quantitative estimate of drug-likeness (QED) is 0.212. The Bertz CT molecular complexity index is 1030. The number of urea groups is 1. The number of unbranched alkanes of at least 4 members (excludes halogenated alkanes) is 9. The number of nitrogens with one attached hydrogen (secondary N) is 2. The van der Waals surface area contributed by atoms with Gasteiger partial charge in [-0.3, -0.25) is 0 Å². The van der Waals surface area contributed by atoms with Crippen LogP contribution in [0.4, 0.5) is 10.5 Å². The van der Waals surface area contributed by atoms with E-state index in [1.807, 2.05) is 55.5 Å². The fraction of sp³-hybridized carbons (Fsp3) is 0.448. The molecular formula is C29H38ClN3OS. The van der Waals surface area contributed by atoms with Crippen LogP contribution in [0, 0.1) is 6.92 Å². The highest BCUT2D eigenvalue weighted by Crippen LogP contribution is 2.37. The Morgan fingerprint density at radius 1 is 0.829 bits per heavy atom. The summed E-state index contributed by atoms with van der Waals surface area (Å²) in [4.78, 5) is 18.1. The number of carbonyl (C=O) groups excluding carboxylic acids is 1. The van der Waals surface area contributed by atoms with Gasteiger partial charge in [-0.15, -0.1) is 11.3 Å². The maximum atomic E-state index is 12.3. The summed E-state index contributed by atoms with van der Waals surface area (Å²) in [6, 6.07) is 15.6. The Hall–Kier alpha value is -2.37. The second kappa shape index (κ2) is 14.9. The van der Waals surface area contributed by atoms with Gasteiger partial charge in [-0.1, -0.05) is 101 Å². The Morgan fingerprint density at radius 3 is 2.03 bits per heavy atom. The Labute approximate surface area is 219 Å². The van der Waals surface area contributed by atoms with Crippen molar-refractivity contribution >= 4 is 34.7 Å². The van der Waals surface area contributed by atoms with Crippen molar-refractivity contribution < 1.29 is 4.79 Å². The molecule has 2 N–H and O–H groups in total. The highest BCUT2D eigenvalue weighted by Gasteiger charge is 2.13. The van der Waals surface area contributed by atoms with Crippen LogP contribution in [0.3, 0.4) is 0 Å². The van der Waals surface area contributed by atoms with E-state index in [0.717, 1.165) is 38.8 Å². The average Bonchev–Trinajstić information content (AvgIpc) is 3.25. The minimum Gasteiger partial charge on any atom is -0.338 e. The van der Waals surface area contributed by atoms with E-state index in [0.29, 0.717) is 11.6 Å². The van der Waals surface area contributed by atoms with Crippen LogP contribution in [-0.2, 0) is 0 Å². The number of aromatic nitrogens is 1. The number of aryl methyl sites for hydroxylation is 1. The Balaban J connectivity index is 1.39. The van der Waals surface area contributed by atoms with Gasteiger partial charge in [0.05, 0.1) is 15.6 Å². The predicted molar refractivity (Wildman–Crippen MR) is 152 cm³/mol. The van der Waals surface area contributed by atoms with Gasteiger partial charge in [0.2, 0.25) is 0 Å². The van der Waals surface area contributed by atoms with Crippen LogP contribution in [0.2, 0.25) is 5.02 Å². The molecule has 0 unspecified atom stereocenters. The first kappa shape index (κ1) is 27.2. The fourth-order valence-corrected chi connectivity index (χ4v) is 5.19. The van der Waals surface area contributed by atoms with Gasteiger partial charge in [0.25, 0.3) is 0 Å². The van der Waals surface area contributed by atoms with E-state index in [1.165, 1.54) is 57.8 Å². The number of anilines is 1. The van der Waals surface area contributed by atoms with Gasteiger partial charge < -0.3 is 10.6 Å². The lowest BCUT2D eigenvalue weighted by atomic mass is 10.1. The Morgan fingerprint density at radius 2 is 1.40 bits per heavy atom. The normalized spacial score (nSPS) is 10.9. The number of hydrogen-bond acceptors (Lipinski definition) is 3. The summed E-state index contributed by atoms with van der Waals surface area (Å²) in [5, 5.41) is 7.63. The molecule has 0 fully saturated rings. The molecule has 0 aliphatic heterocycles. The predicted octanol–water partition coefficient (Wildman–Crippen LogP) is 9.48. The van der Waals surface area contributed by atoms with Crippen molar-refractivity contribution in [2.75, 3.05) is 11.9 Å². The summed E-state index contributed by atoms with van der Waals surface area (Å²) in [5.41, 5.74) is 3.86. The highest BCUT2D eigenvalue weighted by molar-refractivity contribution is 7.15. The summed E-state index contributed by atoms with van der Waals surface area (Å²) in [6.45, 7) is 4.99. The van der Waals surface area contributed by atoms with Gasteiger partial charge in [-0.2, -0.15) is 0 Å². The number of nitrogens with zero attached hydrogens (tertiary/aromatic N) is 1. The van der Waals surface area contributed by atoms with E-state index >= 15 is 0 Å². The van der Waals surface area contributed by atoms with Crippen molar-refractivity contribution in [2.45, 2.75) is 78.1 Å². The molecule has 4 nitrogen and oxygen atoms in total. The van der Waals surface area contributed by atoms with Gasteiger partial charge in [-0.05, 0) is 43.2 Å². The molecule has 0 bridgehead atoms. The largest absolute Gasteiger partial charge is 0.338 e. The van der Waals surface area contributed by atoms with Crippen LogP contribution >= 0.6 is 22.9 Å². The molecular weight excluding hydrogens is 474 g/mol. The van der Waals surface area contributed by atoms with Gasteiger partial charge >= 0.3 is 6.03 Å². The van der Waals surface area contributed by atoms with Crippen LogP contribution in [0.15, 0.2) is 48.5 Å². The zero-order valence-corrected chi connectivity index (χ0v) is 22.6. The van der Waals surface area contributed by atoms with Gasteiger partial charge in [0.15, 0.2) is 0 Å². The number of thiazole rings is 1. The third-order valence-electron chi connectivity index (χ3n) is 6.07. The molecule has 188 valence electrons. The van der Waals surface area contributed by atoms with Crippen molar-refractivity contribution in [1.29, 1.82) is 0 Å². The smallest absolute Gasteiger partial charge is 0.319 e. The number of hydrogen-bond donors (Lipinski definition) is 2. The lowest BCUT2D eigenvalue weighted by Crippen LogP contribution is -2.29. The van der Waals surface area contributed by atoms with Gasteiger partial charge in [-0.25, -0.2) is 9.78 Å². The number of halogens is 1. The monoisotopic (exact) mass is 511 g/mol. The molecule has 0 spiro atoms. The van der Waals surface area contributed by atoms with Crippen LogP contribution in [0.5, 0.6) is 0 Å². The number of amides is 2. The maximum Gasteiger partial charge on any atom is 0.319 e. The molecule has 3 rings (SSSR count). The number of carbonyl (C=O) groups is 1. The van der Waals surface area contributed by atoms with Gasteiger partial charge in [0.1, 0.15) is 0 Å². The van der Waals surface area contributed by atoms with Crippen molar-refractivity contribution in [3.8, 4) is 21.7 Å².